The molecule has 92 valence electrons. The highest BCUT2D eigenvalue weighted by Crippen LogP contribution is 2.24. The number of aromatic nitrogens is 3. The first-order valence-corrected chi connectivity index (χ1v) is 5.96. The lowest BCUT2D eigenvalue weighted by atomic mass is 10.2. The normalized spacial score (nSPS) is 11.2. The number of pyridine rings is 1. The lowest BCUT2D eigenvalue weighted by Gasteiger charge is -1.96. The summed E-state index contributed by atoms with van der Waals surface area (Å²) in [5, 5.41) is 7.46. The molecule has 0 atom stereocenters. The van der Waals surface area contributed by atoms with E-state index in [0.29, 0.717) is 12.4 Å². The van der Waals surface area contributed by atoms with E-state index in [4.69, 9.17) is 4.42 Å². The van der Waals surface area contributed by atoms with Gasteiger partial charge in [-0.05, 0) is 18.7 Å². The molecule has 0 saturated carbocycles. The molecular weight excluding hydrogens is 228 g/mol. The molecule has 0 aliphatic carbocycles. The van der Waals surface area contributed by atoms with Crippen molar-refractivity contribution in [3.8, 4) is 11.3 Å². The number of nitrogens with one attached hydrogen (secondary N) is 1. The zero-order valence-electron chi connectivity index (χ0n) is 10.1. The van der Waals surface area contributed by atoms with Crippen LogP contribution in [0.15, 0.2) is 41.2 Å². The maximum atomic E-state index is 5.71. The van der Waals surface area contributed by atoms with Gasteiger partial charge in [-0.15, -0.1) is 0 Å². The van der Waals surface area contributed by atoms with Gasteiger partial charge in [0.2, 0.25) is 5.89 Å². The smallest absolute Gasteiger partial charge is 0.208 e. The molecular formula is C13H14N4O. The van der Waals surface area contributed by atoms with Crippen molar-refractivity contribution < 1.29 is 4.42 Å². The van der Waals surface area contributed by atoms with Crippen LogP contribution in [0.2, 0.25) is 0 Å². The average Bonchev–Trinajstić information content (AvgIpc) is 3.02. The second kappa shape index (κ2) is 4.62. The summed E-state index contributed by atoms with van der Waals surface area (Å²) in [4.78, 5) is 4.25. The number of nitrogens with zero attached hydrogens (tertiary/aromatic N) is 3. The van der Waals surface area contributed by atoms with Crippen molar-refractivity contribution in [2.24, 2.45) is 0 Å². The van der Waals surface area contributed by atoms with E-state index in [1.54, 1.807) is 12.4 Å². The average molecular weight is 242 g/mol. The topological polar surface area (TPSA) is 55.4 Å². The minimum atomic E-state index is 0.649. The molecule has 0 amide bonds. The Bertz CT molecular complexity index is 656. The summed E-state index contributed by atoms with van der Waals surface area (Å²) in [7, 11) is 0. The van der Waals surface area contributed by atoms with Crippen LogP contribution in [0.1, 0.15) is 12.8 Å². The Kier molecular flexibility index (Phi) is 2.82. The van der Waals surface area contributed by atoms with Gasteiger partial charge in [0.15, 0.2) is 5.76 Å². The number of rotatable bonds is 4. The maximum absolute atomic E-state index is 5.71. The number of fused-ring (bicyclic) bond motifs is 1. The minimum Gasteiger partial charge on any atom is -0.439 e. The van der Waals surface area contributed by atoms with Gasteiger partial charge in [-0.25, -0.2) is 9.50 Å². The van der Waals surface area contributed by atoms with E-state index in [9.17, 15) is 0 Å². The standard InChI is InChI=1S/C13H14N4O/c1-2-14-9-13-15-8-12(18-13)10-7-16-17-6-4-3-5-11(10)17/h3-8,14H,2,9H2,1H3. The lowest BCUT2D eigenvalue weighted by Crippen LogP contribution is -2.11. The summed E-state index contributed by atoms with van der Waals surface area (Å²) in [5.74, 6) is 1.45. The zero-order chi connectivity index (χ0) is 12.4. The molecule has 0 spiro atoms. The third-order valence-electron chi connectivity index (χ3n) is 2.77. The van der Waals surface area contributed by atoms with Gasteiger partial charge in [-0.2, -0.15) is 5.10 Å². The highest BCUT2D eigenvalue weighted by molar-refractivity contribution is 5.76. The largest absolute Gasteiger partial charge is 0.439 e. The molecule has 0 aliphatic heterocycles. The van der Waals surface area contributed by atoms with Crippen molar-refractivity contribution in [2.75, 3.05) is 6.54 Å². The highest BCUT2D eigenvalue weighted by atomic mass is 16.4. The Labute approximate surface area is 104 Å². The Balaban J connectivity index is 1.96. The van der Waals surface area contributed by atoms with Crippen LogP contribution in [0.4, 0.5) is 0 Å². The number of oxazole rings is 1. The van der Waals surface area contributed by atoms with Crippen LogP contribution < -0.4 is 5.32 Å². The van der Waals surface area contributed by atoms with Crippen LogP contribution in [0, 0.1) is 0 Å². The Morgan fingerprint density at radius 1 is 1.33 bits per heavy atom. The van der Waals surface area contributed by atoms with Gasteiger partial charge in [0, 0.05) is 6.20 Å². The molecule has 0 radical (unpaired) electrons. The van der Waals surface area contributed by atoms with Crippen molar-refractivity contribution >= 4 is 5.52 Å². The van der Waals surface area contributed by atoms with Gasteiger partial charge in [-0.1, -0.05) is 13.0 Å². The van der Waals surface area contributed by atoms with Crippen molar-refractivity contribution in [1.82, 2.24) is 19.9 Å². The first-order valence-electron chi connectivity index (χ1n) is 5.96. The summed E-state index contributed by atoms with van der Waals surface area (Å²) in [5.41, 5.74) is 1.98. The second-order valence-electron chi connectivity index (χ2n) is 3.99. The van der Waals surface area contributed by atoms with Crippen LogP contribution >= 0.6 is 0 Å². The van der Waals surface area contributed by atoms with Gasteiger partial charge in [0.25, 0.3) is 0 Å². The Hall–Kier alpha value is -2.14. The van der Waals surface area contributed by atoms with Crippen LogP contribution in [0.5, 0.6) is 0 Å². The fourth-order valence-electron chi connectivity index (χ4n) is 1.87. The van der Waals surface area contributed by atoms with Crippen molar-refractivity contribution in [2.45, 2.75) is 13.5 Å². The van der Waals surface area contributed by atoms with E-state index in [-0.39, 0.29) is 0 Å². The monoisotopic (exact) mass is 242 g/mol. The third-order valence-corrected chi connectivity index (χ3v) is 2.77. The summed E-state index contributed by atoms with van der Waals surface area (Å²) in [6.07, 6.45) is 5.46. The van der Waals surface area contributed by atoms with Crippen LogP contribution in [0.25, 0.3) is 16.8 Å². The van der Waals surface area contributed by atoms with Gasteiger partial charge in [0.1, 0.15) is 0 Å². The molecule has 3 aromatic heterocycles. The molecule has 0 aromatic carbocycles. The summed E-state index contributed by atoms with van der Waals surface area (Å²) in [6.45, 7) is 3.60. The first-order chi connectivity index (χ1) is 8.88. The van der Waals surface area contributed by atoms with Crippen molar-refractivity contribution in [3.63, 3.8) is 0 Å². The first kappa shape index (κ1) is 11.0. The molecule has 5 heteroatoms. The molecule has 0 saturated heterocycles. The molecule has 0 bridgehead atoms. The molecule has 0 unspecified atom stereocenters. The third kappa shape index (κ3) is 1.89. The fraction of sp³-hybridized carbons (Fsp3) is 0.231. The van der Waals surface area contributed by atoms with Gasteiger partial charge in [0.05, 0.1) is 30.0 Å². The SMILES string of the molecule is CCNCc1ncc(-c2cnn3ccccc23)o1. The molecule has 3 aromatic rings. The second-order valence-corrected chi connectivity index (χ2v) is 3.99. The maximum Gasteiger partial charge on any atom is 0.208 e. The van der Waals surface area contributed by atoms with Gasteiger partial charge in [-0.3, -0.25) is 0 Å². The van der Waals surface area contributed by atoms with Crippen molar-refractivity contribution in [3.05, 3.63) is 42.7 Å². The van der Waals surface area contributed by atoms with Crippen LogP contribution in [-0.4, -0.2) is 21.1 Å². The Morgan fingerprint density at radius 2 is 2.28 bits per heavy atom. The van der Waals surface area contributed by atoms with Gasteiger partial charge < -0.3 is 9.73 Å². The quantitative estimate of drug-likeness (QED) is 0.761. The molecule has 3 heterocycles. The number of hydrogen-bond donors (Lipinski definition) is 1. The van der Waals surface area contributed by atoms with E-state index >= 15 is 0 Å². The van der Waals surface area contributed by atoms with Crippen LogP contribution in [-0.2, 0) is 6.54 Å². The molecule has 18 heavy (non-hydrogen) atoms. The number of hydrogen-bond acceptors (Lipinski definition) is 4. The zero-order valence-corrected chi connectivity index (χ0v) is 10.1. The summed E-state index contributed by atoms with van der Waals surface area (Å²) in [6, 6.07) is 5.94. The fourth-order valence-corrected chi connectivity index (χ4v) is 1.87. The van der Waals surface area contributed by atoms with Crippen LogP contribution in [0.3, 0.4) is 0 Å². The molecule has 5 nitrogen and oxygen atoms in total. The van der Waals surface area contributed by atoms with E-state index in [1.165, 1.54) is 0 Å². The van der Waals surface area contributed by atoms with E-state index in [2.05, 4.69) is 22.3 Å². The minimum absolute atomic E-state index is 0.649. The van der Waals surface area contributed by atoms with Gasteiger partial charge >= 0.3 is 0 Å². The van der Waals surface area contributed by atoms with E-state index in [1.807, 2.05) is 28.9 Å². The molecule has 1 N–H and O–H groups in total. The highest BCUT2D eigenvalue weighted by Gasteiger charge is 2.11. The Morgan fingerprint density at radius 3 is 3.17 bits per heavy atom. The lowest BCUT2D eigenvalue weighted by molar-refractivity contribution is 0.483. The van der Waals surface area contributed by atoms with E-state index < -0.39 is 0 Å². The predicted octanol–water partition coefficient (Wildman–Crippen LogP) is 2.10. The van der Waals surface area contributed by atoms with E-state index in [0.717, 1.165) is 23.4 Å². The molecule has 3 rings (SSSR count). The summed E-state index contributed by atoms with van der Waals surface area (Å²) < 4.78 is 7.53. The molecule has 0 aliphatic rings. The predicted molar refractivity (Wildman–Crippen MR) is 68.1 cm³/mol. The molecule has 0 fully saturated rings. The van der Waals surface area contributed by atoms with Crippen molar-refractivity contribution in [1.29, 1.82) is 0 Å². The summed E-state index contributed by atoms with van der Waals surface area (Å²) >= 11 is 0.